The molecule has 2 saturated carbocycles. The van der Waals surface area contributed by atoms with Crippen molar-refractivity contribution in [2.75, 3.05) is 26.7 Å². The lowest BCUT2D eigenvalue weighted by Gasteiger charge is -2.42. The SMILES string of the molecule is CC(C)CNCC1(CN(C)C2CCCCC2C)CCCC1. The lowest BCUT2D eigenvalue weighted by atomic mass is 9.81. The van der Waals surface area contributed by atoms with Gasteiger partial charge in [0.05, 0.1) is 0 Å². The van der Waals surface area contributed by atoms with Gasteiger partial charge in [-0.15, -0.1) is 0 Å². The van der Waals surface area contributed by atoms with E-state index >= 15 is 0 Å². The zero-order valence-corrected chi connectivity index (χ0v) is 15.0. The van der Waals surface area contributed by atoms with Crippen molar-refractivity contribution >= 4 is 0 Å². The minimum absolute atomic E-state index is 0.556. The number of nitrogens with one attached hydrogen (secondary N) is 1. The van der Waals surface area contributed by atoms with Gasteiger partial charge in [0.1, 0.15) is 0 Å². The van der Waals surface area contributed by atoms with Crippen LogP contribution in [0.25, 0.3) is 0 Å². The monoisotopic (exact) mass is 294 g/mol. The Hall–Kier alpha value is -0.0800. The zero-order chi connectivity index (χ0) is 15.3. The van der Waals surface area contributed by atoms with Gasteiger partial charge in [0, 0.05) is 19.1 Å². The topological polar surface area (TPSA) is 15.3 Å². The lowest BCUT2D eigenvalue weighted by Crippen LogP contribution is -2.47. The Labute approximate surface area is 133 Å². The molecule has 0 spiro atoms. The normalized spacial score (nSPS) is 29.4. The van der Waals surface area contributed by atoms with E-state index in [4.69, 9.17) is 0 Å². The highest BCUT2D eigenvalue weighted by Gasteiger charge is 2.37. The molecule has 2 aliphatic carbocycles. The van der Waals surface area contributed by atoms with Crippen molar-refractivity contribution in [3.63, 3.8) is 0 Å². The Morgan fingerprint density at radius 2 is 1.76 bits per heavy atom. The van der Waals surface area contributed by atoms with Gasteiger partial charge in [-0.05, 0) is 56.5 Å². The van der Waals surface area contributed by atoms with Crippen LogP contribution in [0.5, 0.6) is 0 Å². The number of rotatable bonds is 7. The van der Waals surface area contributed by atoms with Gasteiger partial charge < -0.3 is 10.2 Å². The number of hydrogen-bond donors (Lipinski definition) is 1. The van der Waals surface area contributed by atoms with Crippen molar-refractivity contribution in [2.45, 2.75) is 78.2 Å². The quantitative estimate of drug-likeness (QED) is 0.753. The Balaban J connectivity index is 1.88. The maximum atomic E-state index is 3.76. The van der Waals surface area contributed by atoms with Crippen LogP contribution in [-0.2, 0) is 0 Å². The molecule has 0 amide bonds. The smallest absolute Gasteiger partial charge is 0.0118 e. The second kappa shape index (κ2) is 7.97. The lowest BCUT2D eigenvalue weighted by molar-refractivity contribution is 0.0839. The van der Waals surface area contributed by atoms with E-state index in [0.29, 0.717) is 5.41 Å². The molecule has 0 aromatic rings. The summed E-state index contributed by atoms with van der Waals surface area (Å²) >= 11 is 0. The molecule has 2 aliphatic rings. The first-order valence-electron chi connectivity index (χ1n) is 9.43. The van der Waals surface area contributed by atoms with E-state index in [9.17, 15) is 0 Å². The molecule has 2 rings (SSSR count). The molecule has 0 aromatic heterocycles. The van der Waals surface area contributed by atoms with E-state index in [2.05, 4.69) is 38.0 Å². The van der Waals surface area contributed by atoms with Crippen LogP contribution >= 0.6 is 0 Å². The Kier molecular flexibility index (Phi) is 6.55. The standard InChI is InChI=1S/C19H38N2/c1-16(2)13-20-14-19(11-7-8-12-19)15-21(4)18-10-6-5-9-17(18)3/h16-18,20H,5-15H2,1-4H3. The fourth-order valence-electron chi connectivity index (χ4n) is 4.74. The van der Waals surface area contributed by atoms with Crippen LogP contribution in [-0.4, -0.2) is 37.6 Å². The van der Waals surface area contributed by atoms with E-state index in [0.717, 1.165) is 17.9 Å². The Bertz CT molecular complexity index is 294. The summed E-state index contributed by atoms with van der Waals surface area (Å²) in [6, 6.07) is 0.835. The van der Waals surface area contributed by atoms with Crippen LogP contribution in [0.15, 0.2) is 0 Å². The molecular weight excluding hydrogens is 256 g/mol. The first-order valence-corrected chi connectivity index (χ1v) is 9.43. The molecule has 21 heavy (non-hydrogen) atoms. The summed E-state index contributed by atoms with van der Waals surface area (Å²) in [5.41, 5.74) is 0.556. The van der Waals surface area contributed by atoms with E-state index in [-0.39, 0.29) is 0 Å². The fraction of sp³-hybridized carbons (Fsp3) is 1.00. The van der Waals surface area contributed by atoms with Crippen molar-refractivity contribution in [2.24, 2.45) is 17.3 Å². The van der Waals surface area contributed by atoms with Gasteiger partial charge in [0.25, 0.3) is 0 Å². The van der Waals surface area contributed by atoms with E-state index in [1.54, 1.807) is 0 Å². The van der Waals surface area contributed by atoms with Gasteiger partial charge in [0.2, 0.25) is 0 Å². The van der Waals surface area contributed by atoms with Gasteiger partial charge in [-0.1, -0.05) is 46.5 Å². The van der Waals surface area contributed by atoms with E-state index in [1.165, 1.54) is 71.0 Å². The van der Waals surface area contributed by atoms with E-state index in [1.807, 2.05) is 0 Å². The molecule has 124 valence electrons. The average molecular weight is 295 g/mol. The zero-order valence-electron chi connectivity index (χ0n) is 15.0. The Morgan fingerprint density at radius 3 is 2.38 bits per heavy atom. The first kappa shape index (κ1) is 17.3. The summed E-state index contributed by atoms with van der Waals surface area (Å²) in [4.78, 5) is 2.73. The molecule has 2 nitrogen and oxygen atoms in total. The van der Waals surface area contributed by atoms with Crippen LogP contribution in [0.4, 0.5) is 0 Å². The van der Waals surface area contributed by atoms with Gasteiger partial charge >= 0.3 is 0 Å². The molecule has 2 fully saturated rings. The molecular formula is C19H38N2. The second-order valence-electron chi connectivity index (χ2n) is 8.48. The predicted molar refractivity (Wildman–Crippen MR) is 92.7 cm³/mol. The number of nitrogens with zero attached hydrogens (tertiary/aromatic N) is 1. The summed E-state index contributed by atoms with van der Waals surface area (Å²) in [6.45, 7) is 10.8. The van der Waals surface area contributed by atoms with Crippen molar-refractivity contribution in [3.05, 3.63) is 0 Å². The predicted octanol–water partition coefficient (Wildman–Crippen LogP) is 4.30. The average Bonchev–Trinajstić information content (AvgIpc) is 2.87. The van der Waals surface area contributed by atoms with Gasteiger partial charge in [0.15, 0.2) is 0 Å². The third-order valence-corrected chi connectivity index (χ3v) is 5.93. The molecule has 0 bridgehead atoms. The molecule has 0 aliphatic heterocycles. The highest BCUT2D eigenvalue weighted by molar-refractivity contribution is 4.91. The molecule has 2 atom stereocenters. The Morgan fingerprint density at radius 1 is 1.10 bits per heavy atom. The fourth-order valence-corrected chi connectivity index (χ4v) is 4.74. The van der Waals surface area contributed by atoms with Crippen LogP contribution in [0.1, 0.15) is 72.1 Å². The minimum Gasteiger partial charge on any atom is -0.316 e. The highest BCUT2D eigenvalue weighted by Crippen LogP contribution is 2.39. The maximum Gasteiger partial charge on any atom is 0.0118 e. The first-order chi connectivity index (χ1) is 10.0. The summed E-state index contributed by atoms with van der Waals surface area (Å²) < 4.78 is 0. The van der Waals surface area contributed by atoms with Crippen molar-refractivity contribution in [1.29, 1.82) is 0 Å². The molecule has 0 aromatic carbocycles. The maximum absolute atomic E-state index is 3.76. The molecule has 0 radical (unpaired) electrons. The van der Waals surface area contributed by atoms with Crippen LogP contribution < -0.4 is 5.32 Å². The number of hydrogen-bond acceptors (Lipinski definition) is 2. The third-order valence-electron chi connectivity index (χ3n) is 5.93. The van der Waals surface area contributed by atoms with Gasteiger partial charge in [-0.3, -0.25) is 0 Å². The van der Waals surface area contributed by atoms with Crippen LogP contribution in [0.2, 0.25) is 0 Å². The van der Waals surface area contributed by atoms with E-state index < -0.39 is 0 Å². The summed E-state index contributed by atoms with van der Waals surface area (Å²) in [7, 11) is 2.40. The van der Waals surface area contributed by atoms with Crippen molar-refractivity contribution in [3.8, 4) is 0 Å². The molecule has 2 heteroatoms. The highest BCUT2D eigenvalue weighted by atomic mass is 15.1. The van der Waals surface area contributed by atoms with Crippen molar-refractivity contribution < 1.29 is 0 Å². The molecule has 0 heterocycles. The molecule has 1 N–H and O–H groups in total. The van der Waals surface area contributed by atoms with Gasteiger partial charge in [-0.2, -0.15) is 0 Å². The minimum atomic E-state index is 0.556. The summed E-state index contributed by atoms with van der Waals surface area (Å²) in [5, 5.41) is 3.76. The van der Waals surface area contributed by atoms with Gasteiger partial charge in [-0.25, -0.2) is 0 Å². The summed E-state index contributed by atoms with van der Waals surface area (Å²) in [5.74, 6) is 1.66. The molecule has 2 unspecified atom stereocenters. The van der Waals surface area contributed by atoms with Crippen molar-refractivity contribution in [1.82, 2.24) is 10.2 Å². The summed E-state index contributed by atoms with van der Waals surface area (Å²) in [6.07, 6.45) is 11.5. The molecule has 0 saturated heterocycles. The second-order valence-corrected chi connectivity index (χ2v) is 8.48. The van der Waals surface area contributed by atoms with Crippen LogP contribution in [0, 0.1) is 17.3 Å². The third kappa shape index (κ3) is 4.96. The van der Waals surface area contributed by atoms with Crippen LogP contribution in [0.3, 0.4) is 0 Å². The largest absolute Gasteiger partial charge is 0.316 e.